The predicted molar refractivity (Wildman–Crippen MR) is 88.9 cm³/mol. The molecule has 0 unspecified atom stereocenters. The van der Waals surface area contributed by atoms with Crippen LogP contribution in [0.25, 0.3) is 0 Å². The van der Waals surface area contributed by atoms with Crippen LogP contribution in [0.4, 0.5) is 0 Å². The summed E-state index contributed by atoms with van der Waals surface area (Å²) in [7, 11) is 1.63. The first-order valence-corrected chi connectivity index (χ1v) is 7.65. The highest BCUT2D eigenvalue weighted by Gasteiger charge is 2.29. The maximum absolute atomic E-state index is 12.7. The van der Waals surface area contributed by atoms with Crippen molar-refractivity contribution < 1.29 is 9.53 Å². The Morgan fingerprint density at radius 2 is 1.81 bits per heavy atom. The van der Waals surface area contributed by atoms with E-state index >= 15 is 0 Å². The van der Waals surface area contributed by atoms with Crippen LogP contribution < -0.4 is 4.74 Å². The van der Waals surface area contributed by atoms with Gasteiger partial charge in [-0.25, -0.2) is 0 Å². The number of benzene rings is 2. The van der Waals surface area contributed by atoms with E-state index in [9.17, 15) is 4.79 Å². The zero-order valence-corrected chi connectivity index (χ0v) is 14.1. The zero-order chi connectivity index (χ0) is 15.5. The van der Waals surface area contributed by atoms with Crippen molar-refractivity contribution in [2.75, 3.05) is 7.11 Å². The smallest absolute Gasteiger partial charge is 0.147 e. The first-order valence-electron chi connectivity index (χ1n) is 6.86. The van der Waals surface area contributed by atoms with E-state index in [1.165, 1.54) is 0 Å². The normalized spacial score (nSPS) is 11.2. The minimum atomic E-state index is -0.510. The van der Waals surface area contributed by atoms with Gasteiger partial charge < -0.3 is 4.74 Å². The highest BCUT2D eigenvalue weighted by molar-refractivity contribution is 9.10. The number of Topliss-reactive ketones (excluding diaryl/α,β-unsaturated/α-hetero) is 1. The summed E-state index contributed by atoms with van der Waals surface area (Å²) in [5, 5.41) is 0. The standard InChI is InChI=1S/C18H19BrO2/c1-18(2,14-7-5-4-6-8-14)17(20)12-13-11-15(21-3)9-10-16(13)19/h4-11H,12H2,1-3H3. The van der Waals surface area contributed by atoms with Gasteiger partial charge in [-0.15, -0.1) is 0 Å². The van der Waals surface area contributed by atoms with Gasteiger partial charge in [0, 0.05) is 16.3 Å². The third-order valence-electron chi connectivity index (χ3n) is 3.80. The van der Waals surface area contributed by atoms with E-state index in [1.54, 1.807) is 7.11 Å². The van der Waals surface area contributed by atoms with Crippen molar-refractivity contribution in [1.82, 2.24) is 0 Å². The summed E-state index contributed by atoms with van der Waals surface area (Å²) >= 11 is 3.50. The van der Waals surface area contributed by atoms with Crippen molar-refractivity contribution in [3.8, 4) is 5.75 Å². The Labute approximate surface area is 134 Å². The molecule has 0 heterocycles. The Balaban J connectivity index is 2.25. The molecule has 0 bridgehead atoms. The molecule has 0 aromatic heterocycles. The second-order valence-electron chi connectivity index (χ2n) is 5.55. The molecule has 0 aliphatic heterocycles. The van der Waals surface area contributed by atoms with E-state index in [0.717, 1.165) is 21.3 Å². The first-order chi connectivity index (χ1) is 9.95. The molecule has 0 fully saturated rings. The van der Waals surface area contributed by atoms with Gasteiger partial charge in [-0.2, -0.15) is 0 Å². The lowest BCUT2D eigenvalue weighted by molar-refractivity contribution is -0.122. The minimum Gasteiger partial charge on any atom is -0.497 e. The molecule has 3 heteroatoms. The number of rotatable bonds is 5. The van der Waals surface area contributed by atoms with E-state index in [2.05, 4.69) is 15.9 Å². The van der Waals surface area contributed by atoms with Crippen molar-refractivity contribution in [2.24, 2.45) is 0 Å². The van der Waals surface area contributed by atoms with Crippen LogP contribution in [0.5, 0.6) is 5.75 Å². The van der Waals surface area contributed by atoms with Gasteiger partial charge in [-0.3, -0.25) is 4.79 Å². The van der Waals surface area contributed by atoms with Crippen LogP contribution in [0.3, 0.4) is 0 Å². The quantitative estimate of drug-likeness (QED) is 0.793. The fourth-order valence-electron chi connectivity index (χ4n) is 2.22. The molecule has 0 N–H and O–H groups in total. The Morgan fingerprint density at radius 3 is 2.43 bits per heavy atom. The summed E-state index contributed by atoms with van der Waals surface area (Å²) in [6.07, 6.45) is 0.375. The minimum absolute atomic E-state index is 0.183. The van der Waals surface area contributed by atoms with E-state index in [0.29, 0.717) is 6.42 Å². The van der Waals surface area contributed by atoms with Crippen LogP contribution in [0.15, 0.2) is 53.0 Å². The molecule has 2 aromatic rings. The van der Waals surface area contributed by atoms with E-state index in [1.807, 2.05) is 62.4 Å². The van der Waals surface area contributed by atoms with Gasteiger partial charge in [-0.1, -0.05) is 46.3 Å². The van der Waals surface area contributed by atoms with Crippen LogP contribution in [-0.2, 0) is 16.6 Å². The summed E-state index contributed by atoms with van der Waals surface area (Å²) in [5.41, 5.74) is 1.47. The van der Waals surface area contributed by atoms with E-state index in [4.69, 9.17) is 4.74 Å². The lowest BCUT2D eigenvalue weighted by atomic mass is 9.78. The predicted octanol–water partition coefficient (Wildman–Crippen LogP) is 4.55. The number of hydrogen-bond acceptors (Lipinski definition) is 2. The Morgan fingerprint density at radius 1 is 1.14 bits per heavy atom. The number of methoxy groups -OCH3 is 1. The lowest BCUT2D eigenvalue weighted by Gasteiger charge is -2.24. The van der Waals surface area contributed by atoms with Gasteiger partial charge in [0.15, 0.2) is 0 Å². The SMILES string of the molecule is COc1ccc(Br)c(CC(=O)C(C)(C)c2ccccc2)c1. The molecule has 0 saturated carbocycles. The molecule has 0 atom stereocenters. The van der Waals surface area contributed by atoms with Gasteiger partial charge in [0.05, 0.1) is 7.11 Å². The van der Waals surface area contributed by atoms with Crippen LogP contribution >= 0.6 is 15.9 Å². The molecule has 110 valence electrons. The van der Waals surface area contributed by atoms with Gasteiger partial charge in [0.1, 0.15) is 11.5 Å². The Hall–Kier alpha value is -1.61. The van der Waals surface area contributed by atoms with Gasteiger partial charge >= 0.3 is 0 Å². The fourth-order valence-corrected chi connectivity index (χ4v) is 2.61. The molecule has 2 aromatic carbocycles. The van der Waals surface area contributed by atoms with Gasteiger partial charge in [-0.05, 0) is 43.2 Å². The topological polar surface area (TPSA) is 26.3 Å². The highest BCUT2D eigenvalue weighted by Crippen LogP contribution is 2.29. The second-order valence-corrected chi connectivity index (χ2v) is 6.40. The molecule has 0 aliphatic rings. The first kappa shape index (κ1) is 15.8. The number of halogens is 1. The maximum Gasteiger partial charge on any atom is 0.147 e. The van der Waals surface area contributed by atoms with Crippen molar-refractivity contribution in [3.05, 3.63) is 64.1 Å². The molecule has 21 heavy (non-hydrogen) atoms. The van der Waals surface area contributed by atoms with Crippen molar-refractivity contribution in [1.29, 1.82) is 0 Å². The van der Waals surface area contributed by atoms with Crippen LogP contribution in [0, 0.1) is 0 Å². The summed E-state index contributed by atoms with van der Waals surface area (Å²) < 4.78 is 6.16. The molecular formula is C18H19BrO2. The third-order valence-corrected chi connectivity index (χ3v) is 4.57. The summed E-state index contributed by atoms with van der Waals surface area (Å²) in [6, 6.07) is 15.6. The maximum atomic E-state index is 12.7. The molecule has 0 aliphatic carbocycles. The van der Waals surface area contributed by atoms with Crippen LogP contribution in [0.2, 0.25) is 0 Å². The highest BCUT2D eigenvalue weighted by atomic mass is 79.9. The molecule has 0 spiro atoms. The number of carbonyl (C=O) groups excluding carboxylic acids is 1. The molecule has 0 saturated heterocycles. The number of carbonyl (C=O) groups is 1. The number of ketones is 1. The van der Waals surface area contributed by atoms with Crippen molar-refractivity contribution in [3.63, 3.8) is 0 Å². The third kappa shape index (κ3) is 3.53. The second kappa shape index (κ2) is 6.44. The lowest BCUT2D eigenvalue weighted by Crippen LogP contribution is -2.30. The van der Waals surface area contributed by atoms with Crippen molar-refractivity contribution in [2.45, 2.75) is 25.7 Å². The van der Waals surface area contributed by atoms with Crippen molar-refractivity contribution >= 4 is 21.7 Å². The van der Waals surface area contributed by atoms with E-state index < -0.39 is 5.41 Å². The molecule has 0 radical (unpaired) electrons. The monoisotopic (exact) mass is 346 g/mol. The molecule has 0 amide bonds. The largest absolute Gasteiger partial charge is 0.497 e. The van der Waals surface area contributed by atoms with E-state index in [-0.39, 0.29) is 5.78 Å². The van der Waals surface area contributed by atoms with Crippen LogP contribution in [-0.4, -0.2) is 12.9 Å². The summed E-state index contributed by atoms with van der Waals surface area (Å²) in [6.45, 7) is 3.94. The molecular weight excluding hydrogens is 328 g/mol. The average Bonchev–Trinajstić information content (AvgIpc) is 2.50. The van der Waals surface area contributed by atoms with Gasteiger partial charge in [0.25, 0.3) is 0 Å². The molecule has 2 rings (SSSR count). The summed E-state index contributed by atoms with van der Waals surface area (Å²) in [5.74, 6) is 0.946. The van der Waals surface area contributed by atoms with Crippen LogP contribution in [0.1, 0.15) is 25.0 Å². The average molecular weight is 347 g/mol. The Bertz CT molecular complexity index is 633. The summed E-state index contributed by atoms with van der Waals surface area (Å²) in [4.78, 5) is 12.7. The van der Waals surface area contributed by atoms with Gasteiger partial charge in [0.2, 0.25) is 0 Å². The zero-order valence-electron chi connectivity index (χ0n) is 12.5. The number of hydrogen-bond donors (Lipinski definition) is 0. The number of ether oxygens (including phenoxy) is 1. The molecule has 2 nitrogen and oxygen atoms in total. The fraction of sp³-hybridized carbons (Fsp3) is 0.278. The Kier molecular flexibility index (Phi) is 4.84.